The summed E-state index contributed by atoms with van der Waals surface area (Å²) in [5, 5.41) is 0. The molecule has 0 unspecified atom stereocenters. The van der Waals surface area contributed by atoms with Gasteiger partial charge in [0.05, 0.1) is 5.69 Å². The van der Waals surface area contributed by atoms with Crippen LogP contribution in [0.2, 0.25) is 0 Å². The maximum atomic E-state index is 13.3. The number of hydrogen-bond donors (Lipinski definition) is 1. The third-order valence-electron chi connectivity index (χ3n) is 2.33. The Bertz CT molecular complexity index is 475. The van der Waals surface area contributed by atoms with E-state index in [0.29, 0.717) is 5.57 Å². The van der Waals surface area contributed by atoms with Crippen LogP contribution in [0.25, 0.3) is 0 Å². The van der Waals surface area contributed by atoms with Crippen molar-refractivity contribution in [2.45, 2.75) is 20.3 Å². The number of halogens is 1. The zero-order chi connectivity index (χ0) is 12.8. The summed E-state index contributed by atoms with van der Waals surface area (Å²) in [7, 11) is 0. The molecule has 17 heavy (non-hydrogen) atoms. The monoisotopic (exact) mass is 233 g/mol. The molecule has 0 spiro atoms. The van der Waals surface area contributed by atoms with Crippen LogP contribution in [-0.2, 0) is 0 Å². The SMILES string of the molecule is C/C=C\C(=C/CC)C(=O)c1cccc(F)c1N. The number of Topliss-reactive ketones (excluding diaryl/α,β-unsaturated/α-hetero) is 1. The Labute approximate surface area is 101 Å². The normalized spacial score (nSPS) is 12.1. The van der Waals surface area contributed by atoms with E-state index < -0.39 is 5.82 Å². The second-order valence-corrected chi connectivity index (χ2v) is 3.60. The smallest absolute Gasteiger partial charge is 0.194 e. The Morgan fingerprint density at radius 3 is 2.76 bits per heavy atom. The summed E-state index contributed by atoms with van der Waals surface area (Å²) in [6, 6.07) is 4.26. The molecule has 0 saturated carbocycles. The van der Waals surface area contributed by atoms with Gasteiger partial charge in [0.15, 0.2) is 5.78 Å². The molecule has 1 rings (SSSR count). The summed E-state index contributed by atoms with van der Waals surface area (Å²) in [6.07, 6.45) is 6.01. The molecular formula is C14H16FNO. The molecule has 0 atom stereocenters. The van der Waals surface area contributed by atoms with Crippen molar-refractivity contribution < 1.29 is 9.18 Å². The highest BCUT2D eigenvalue weighted by molar-refractivity contribution is 6.13. The van der Waals surface area contributed by atoms with Crippen molar-refractivity contribution in [3.05, 3.63) is 53.4 Å². The summed E-state index contributed by atoms with van der Waals surface area (Å²) in [4.78, 5) is 12.1. The molecule has 0 aliphatic carbocycles. The third kappa shape index (κ3) is 3.03. The van der Waals surface area contributed by atoms with E-state index >= 15 is 0 Å². The molecule has 0 amide bonds. The number of nitrogens with two attached hydrogens (primary N) is 1. The maximum Gasteiger partial charge on any atom is 0.194 e. The predicted octanol–water partition coefficient (Wildman–Crippen LogP) is 3.50. The first kappa shape index (κ1) is 13.2. The molecule has 90 valence electrons. The van der Waals surface area contributed by atoms with Crippen LogP contribution in [0.5, 0.6) is 0 Å². The molecule has 2 nitrogen and oxygen atoms in total. The molecular weight excluding hydrogens is 217 g/mol. The summed E-state index contributed by atoms with van der Waals surface area (Å²) in [5.74, 6) is -0.811. The van der Waals surface area contributed by atoms with Crippen LogP contribution in [0.4, 0.5) is 10.1 Å². The molecule has 1 aromatic carbocycles. The van der Waals surface area contributed by atoms with Gasteiger partial charge in [0.2, 0.25) is 0 Å². The predicted molar refractivity (Wildman–Crippen MR) is 68.3 cm³/mol. The molecule has 0 bridgehead atoms. The van der Waals surface area contributed by atoms with Crippen LogP contribution >= 0.6 is 0 Å². The number of rotatable bonds is 4. The molecule has 2 N–H and O–H groups in total. The summed E-state index contributed by atoms with van der Waals surface area (Å²) < 4.78 is 13.3. The molecule has 0 aliphatic rings. The molecule has 1 aromatic rings. The fraction of sp³-hybridized carbons (Fsp3) is 0.214. The largest absolute Gasteiger partial charge is 0.396 e. The van der Waals surface area contributed by atoms with E-state index in [4.69, 9.17) is 5.73 Å². The lowest BCUT2D eigenvalue weighted by molar-refractivity contribution is 0.103. The van der Waals surface area contributed by atoms with Crippen molar-refractivity contribution in [2.24, 2.45) is 0 Å². The van der Waals surface area contributed by atoms with Gasteiger partial charge in [-0.3, -0.25) is 4.79 Å². The molecule has 0 radical (unpaired) electrons. The number of anilines is 1. The lowest BCUT2D eigenvalue weighted by Gasteiger charge is -2.06. The average molecular weight is 233 g/mol. The van der Waals surface area contributed by atoms with Gasteiger partial charge < -0.3 is 5.73 Å². The van der Waals surface area contributed by atoms with E-state index in [9.17, 15) is 9.18 Å². The van der Waals surface area contributed by atoms with Crippen LogP contribution in [-0.4, -0.2) is 5.78 Å². The molecule has 0 aliphatic heterocycles. The molecule has 0 aromatic heterocycles. The fourth-order valence-electron chi connectivity index (χ4n) is 1.53. The lowest BCUT2D eigenvalue weighted by Crippen LogP contribution is -2.07. The van der Waals surface area contributed by atoms with Gasteiger partial charge in [-0.15, -0.1) is 0 Å². The first-order valence-corrected chi connectivity index (χ1v) is 5.53. The standard InChI is InChI=1S/C14H16FNO/c1-3-6-10(7-4-2)14(17)11-8-5-9-12(15)13(11)16/h3,5-9H,4,16H2,1-2H3/b6-3-,10-7+. The Morgan fingerprint density at radius 2 is 2.18 bits per heavy atom. The number of para-hydroxylation sites is 1. The minimum Gasteiger partial charge on any atom is -0.396 e. The van der Waals surface area contributed by atoms with E-state index in [0.717, 1.165) is 6.42 Å². The topological polar surface area (TPSA) is 43.1 Å². The van der Waals surface area contributed by atoms with Crippen LogP contribution in [0, 0.1) is 5.82 Å². The number of benzene rings is 1. The highest BCUT2D eigenvalue weighted by Gasteiger charge is 2.14. The maximum absolute atomic E-state index is 13.3. The van der Waals surface area contributed by atoms with Crippen LogP contribution < -0.4 is 5.73 Å². The molecule has 0 fully saturated rings. The van der Waals surface area contributed by atoms with Crippen molar-refractivity contribution in [1.82, 2.24) is 0 Å². The van der Waals surface area contributed by atoms with Gasteiger partial charge in [0.1, 0.15) is 5.82 Å². The number of allylic oxidation sites excluding steroid dienone is 4. The van der Waals surface area contributed by atoms with Crippen molar-refractivity contribution in [2.75, 3.05) is 5.73 Å². The number of hydrogen-bond acceptors (Lipinski definition) is 2. The van der Waals surface area contributed by atoms with Gasteiger partial charge in [-0.1, -0.05) is 31.2 Å². The van der Waals surface area contributed by atoms with Crippen molar-refractivity contribution in [1.29, 1.82) is 0 Å². The minimum absolute atomic E-state index is 0.0935. The zero-order valence-corrected chi connectivity index (χ0v) is 10.0. The van der Waals surface area contributed by atoms with E-state index in [1.807, 2.05) is 13.8 Å². The number of carbonyl (C=O) groups is 1. The third-order valence-corrected chi connectivity index (χ3v) is 2.33. The van der Waals surface area contributed by atoms with Crippen LogP contribution in [0.15, 0.2) is 42.0 Å². The van der Waals surface area contributed by atoms with E-state index in [1.54, 1.807) is 18.2 Å². The average Bonchev–Trinajstić information content (AvgIpc) is 2.31. The van der Waals surface area contributed by atoms with E-state index in [1.165, 1.54) is 18.2 Å². The van der Waals surface area contributed by atoms with E-state index in [-0.39, 0.29) is 17.0 Å². The summed E-state index contributed by atoms with van der Waals surface area (Å²) in [5.41, 5.74) is 6.22. The second kappa shape index (κ2) is 5.99. The van der Waals surface area contributed by atoms with Crippen LogP contribution in [0.1, 0.15) is 30.6 Å². The quantitative estimate of drug-likeness (QED) is 0.374. The van der Waals surface area contributed by atoms with Gasteiger partial charge in [-0.05, 0) is 25.5 Å². The Hall–Kier alpha value is -1.90. The van der Waals surface area contributed by atoms with Gasteiger partial charge in [-0.2, -0.15) is 0 Å². The van der Waals surface area contributed by atoms with Crippen molar-refractivity contribution in [3.8, 4) is 0 Å². The first-order valence-electron chi connectivity index (χ1n) is 5.53. The van der Waals surface area contributed by atoms with Gasteiger partial charge >= 0.3 is 0 Å². The molecule has 3 heteroatoms. The zero-order valence-electron chi connectivity index (χ0n) is 10.0. The lowest BCUT2D eigenvalue weighted by atomic mass is 10.0. The summed E-state index contributed by atoms with van der Waals surface area (Å²) >= 11 is 0. The number of nitrogen functional groups attached to an aromatic ring is 1. The second-order valence-electron chi connectivity index (χ2n) is 3.60. The van der Waals surface area contributed by atoms with Crippen LogP contribution in [0.3, 0.4) is 0 Å². The Kier molecular flexibility index (Phi) is 4.64. The van der Waals surface area contributed by atoms with Gasteiger partial charge in [0.25, 0.3) is 0 Å². The Balaban J connectivity index is 3.19. The first-order chi connectivity index (χ1) is 8.11. The minimum atomic E-state index is -0.563. The van der Waals surface area contributed by atoms with Gasteiger partial charge in [0, 0.05) is 11.1 Å². The summed E-state index contributed by atoms with van der Waals surface area (Å²) in [6.45, 7) is 3.76. The van der Waals surface area contributed by atoms with Crippen molar-refractivity contribution in [3.63, 3.8) is 0 Å². The van der Waals surface area contributed by atoms with Crippen molar-refractivity contribution >= 4 is 11.5 Å². The molecule has 0 heterocycles. The van der Waals surface area contributed by atoms with E-state index in [2.05, 4.69) is 0 Å². The molecule has 0 saturated heterocycles. The Morgan fingerprint density at radius 1 is 1.47 bits per heavy atom. The fourth-order valence-corrected chi connectivity index (χ4v) is 1.53. The highest BCUT2D eigenvalue weighted by Crippen LogP contribution is 2.20. The van der Waals surface area contributed by atoms with Gasteiger partial charge in [-0.25, -0.2) is 4.39 Å². The highest BCUT2D eigenvalue weighted by atomic mass is 19.1. The number of ketones is 1. The number of carbonyl (C=O) groups excluding carboxylic acids is 1.